The molecular formula is C5H9S. The predicted molar refractivity (Wildman–Crippen MR) is 32.0 cm³/mol. The van der Waals surface area contributed by atoms with Crippen molar-refractivity contribution in [3.63, 3.8) is 0 Å². The van der Waals surface area contributed by atoms with Crippen LogP contribution >= 0.6 is 12.6 Å². The van der Waals surface area contributed by atoms with E-state index < -0.39 is 0 Å². The average molecular weight is 101 g/mol. The van der Waals surface area contributed by atoms with E-state index in [0.717, 1.165) is 17.7 Å². The van der Waals surface area contributed by atoms with Gasteiger partial charge in [-0.25, -0.2) is 0 Å². The summed E-state index contributed by atoms with van der Waals surface area (Å²) in [5.74, 6) is 0.863. The summed E-state index contributed by atoms with van der Waals surface area (Å²) >= 11 is 3.96. The minimum absolute atomic E-state index is 0.863. The molecule has 0 rings (SSSR count). The molecule has 0 N–H and O–H groups in total. The third-order valence-corrected chi connectivity index (χ3v) is 0.730. The van der Waals surface area contributed by atoms with E-state index >= 15 is 0 Å². The highest BCUT2D eigenvalue weighted by Gasteiger charge is 1.77. The molecule has 1 heteroatoms. The third-order valence-electron chi connectivity index (χ3n) is 0.506. The van der Waals surface area contributed by atoms with Gasteiger partial charge in [-0.1, -0.05) is 12.2 Å². The van der Waals surface area contributed by atoms with Gasteiger partial charge in [0.05, 0.1) is 0 Å². The van der Waals surface area contributed by atoms with Crippen LogP contribution in [0.1, 0.15) is 13.3 Å². The Kier molecular flexibility index (Phi) is 3.34. The van der Waals surface area contributed by atoms with E-state index in [-0.39, 0.29) is 0 Å². The Balaban J connectivity index is 2.83. The molecule has 35 valence electrons. The molecule has 0 aromatic carbocycles. The standard InChI is InChI=1S/C5H9S/c1-5(2)3-4-6/h1,6H,3-4H2,2H3. The van der Waals surface area contributed by atoms with Crippen LogP contribution in [0.25, 0.3) is 0 Å². The molecule has 0 aliphatic heterocycles. The van der Waals surface area contributed by atoms with Crippen molar-refractivity contribution in [3.05, 3.63) is 12.2 Å². The Labute approximate surface area is 44.7 Å². The normalized spacial score (nSPS) is 8.33. The third kappa shape index (κ3) is 4.09. The molecule has 0 atom stereocenters. The maximum Gasteiger partial charge on any atom is -0.00606 e. The van der Waals surface area contributed by atoms with Gasteiger partial charge in [0.15, 0.2) is 0 Å². The monoisotopic (exact) mass is 101 g/mol. The van der Waals surface area contributed by atoms with Gasteiger partial charge >= 0.3 is 0 Å². The Bertz CT molecular complexity index is 47.9. The summed E-state index contributed by atoms with van der Waals surface area (Å²) in [6, 6.07) is 0. The van der Waals surface area contributed by atoms with E-state index in [1.165, 1.54) is 0 Å². The lowest BCUT2D eigenvalue weighted by Gasteiger charge is -1.86. The molecule has 0 saturated carbocycles. The Morgan fingerprint density at radius 3 is 2.33 bits per heavy atom. The first-order chi connectivity index (χ1) is 2.77. The van der Waals surface area contributed by atoms with Crippen LogP contribution in [-0.4, -0.2) is 5.75 Å². The fourth-order valence-electron chi connectivity index (χ4n) is 0.176. The minimum Gasteiger partial charge on any atom is -0.179 e. The average Bonchev–Trinajstić information content (AvgIpc) is 1.35. The van der Waals surface area contributed by atoms with Gasteiger partial charge < -0.3 is 0 Å². The van der Waals surface area contributed by atoms with Crippen molar-refractivity contribution in [1.29, 1.82) is 0 Å². The molecule has 0 heterocycles. The summed E-state index contributed by atoms with van der Waals surface area (Å²) in [6.45, 7) is 7.17. The van der Waals surface area contributed by atoms with Crippen LogP contribution in [0, 0.1) is 6.58 Å². The summed E-state index contributed by atoms with van der Waals surface area (Å²) in [4.78, 5) is 0. The van der Waals surface area contributed by atoms with E-state index in [0.29, 0.717) is 0 Å². The second-order valence-corrected chi connectivity index (χ2v) is 1.77. The zero-order valence-electron chi connectivity index (χ0n) is 3.94. The Morgan fingerprint density at radius 1 is 1.83 bits per heavy atom. The van der Waals surface area contributed by atoms with Gasteiger partial charge in [-0.05, 0) is 19.1 Å². The van der Waals surface area contributed by atoms with Crippen LogP contribution in [0.4, 0.5) is 0 Å². The summed E-state index contributed by atoms with van der Waals surface area (Å²) in [5.41, 5.74) is 0.963. The predicted octanol–water partition coefficient (Wildman–Crippen LogP) is 1.69. The van der Waals surface area contributed by atoms with E-state index in [2.05, 4.69) is 12.6 Å². The van der Waals surface area contributed by atoms with Gasteiger partial charge in [0.1, 0.15) is 0 Å². The molecule has 0 bridgehead atoms. The highest BCUT2D eigenvalue weighted by Crippen LogP contribution is 1.94. The Morgan fingerprint density at radius 2 is 2.33 bits per heavy atom. The quantitative estimate of drug-likeness (QED) is 0.503. The van der Waals surface area contributed by atoms with Gasteiger partial charge in [0.25, 0.3) is 0 Å². The van der Waals surface area contributed by atoms with E-state index in [1.807, 2.05) is 6.92 Å². The fraction of sp³-hybridized carbons (Fsp3) is 0.600. The van der Waals surface area contributed by atoms with Crippen LogP contribution in [0.5, 0.6) is 0 Å². The zero-order valence-corrected chi connectivity index (χ0v) is 4.83. The highest BCUT2D eigenvalue weighted by molar-refractivity contribution is 7.80. The van der Waals surface area contributed by atoms with Crippen molar-refractivity contribution in [2.75, 3.05) is 5.75 Å². The topological polar surface area (TPSA) is 0 Å². The first-order valence-corrected chi connectivity index (χ1v) is 2.59. The number of rotatable bonds is 2. The lowest BCUT2D eigenvalue weighted by molar-refractivity contribution is 1.13. The summed E-state index contributed by atoms with van der Waals surface area (Å²) < 4.78 is 0. The first kappa shape index (κ1) is 6.09. The van der Waals surface area contributed by atoms with Gasteiger partial charge in [0, 0.05) is 0 Å². The van der Waals surface area contributed by atoms with Crippen LogP contribution < -0.4 is 0 Å². The van der Waals surface area contributed by atoms with Gasteiger partial charge in [-0.2, -0.15) is 12.6 Å². The maximum absolute atomic E-state index is 5.27. The molecule has 0 amide bonds. The molecule has 0 unspecified atom stereocenters. The molecule has 0 aliphatic rings. The second-order valence-electron chi connectivity index (χ2n) is 1.32. The van der Waals surface area contributed by atoms with E-state index in [9.17, 15) is 0 Å². The molecule has 6 heavy (non-hydrogen) atoms. The number of hydrogen-bond donors (Lipinski definition) is 1. The fourth-order valence-corrected chi connectivity index (χ4v) is 0.529. The zero-order chi connectivity index (χ0) is 4.99. The van der Waals surface area contributed by atoms with Crippen LogP contribution in [0.3, 0.4) is 0 Å². The first-order valence-electron chi connectivity index (χ1n) is 1.96. The van der Waals surface area contributed by atoms with E-state index in [1.54, 1.807) is 0 Å². The van der Waals surface area contributed by atoms with Crippen LogP contribution in [0.15, 0.2) is 5.57 Å². The van der Waals surface area contributed by atoms with Crippen molar-refractivity contribution in [2.24, 2.45) is 0 Å². The molecule has 0 fully saturated rings. The molecular weight excluding hydrogens is 92.1 g/mol. The SMILES string of the molecule is [CH]=C(C)CCS. The van der Waals surface area contributed by atoms with Gasteiger partial charge in [-0.15, -0.1) is 0 Å². The second kappa shape index (κ2) is 3.29. The summed E-state index contributed by atoms with van der Waals surface area (Å²) in [5, 5.41) is 0. The van der Waals surface area contributed by atoms with Crippen LogP contribution in [0.2, 0.25) is 0 Å². The van der Waals surface area contributed by atoms with Crippen molar-refractivity contribution >= 4 is 12.6 Å². The highest BCUT2D eigenvalue weighted by atomic mass is 32.1. The molecule has 0 aliphatic carbocycles. The molecule has 0 saturated heterocycles. The largest absolute Gasteiger partial charge is 0.179 e. The molecule has 1 radical (unpaired) electrons. The number of hydrogen-bond acceptors (Lipinski definition) is 1. The number of thiol groups is 1. The van der Waals surface area contributed by atoms with Crippen LogP contribution in [-0.2, 0) is 0 Å². The van der Waals surface area contributed by atoms with E-state index in [4.69, 9.17) is 6.58 Å². The van der Waals surface area contributed by atoms with Gasteiger partial charge in [-0.3, -0.25) is 0 Å². The maximum atomic E-state index is 5.27. The number of allylic oxidation sites excluding steroid dienone is 1. The lowest BCUT2D eigenvalue weighted by Crippen LogP contribution is -1.72. The van der Waals surface area contributed by atoms with Crippen molar-refractivity contribution in [1.82, 2.24) is 0 Å². The lowest BCUT2D eigenvalue weighted by atomic mass is 10.3. The molecule has 0 spiro atoms. The summed E-state index contributed by atoms with van der Waals surface area (Å²) in [6.07, 6.45) is 0.934. The van der Waals surface area contributed by atoms with Crippen molar-refractivity contribution < 1.29 is 0 Å². The van der Waals surface area contributed by atoms with Crippen molar-refractivity contribution in [3.8, 4) is 0 Å². The minimum atomic E-state index is 0.863. The molecule has 0 aromatic heterocycles. The molecule has 0 nitrogen and oxygen atoms in total. The van der Waals surface area contributed by atoms with Gasteiger partial charge in [0.2, 0.25) is 0 Å². The molecule has 0 aromatic rings. The smallest absolute Gasteiger partial charge is 0.00606 e. The summed E-state index contributed by atoms with van der Waals surface area (Å²) in [7, 11) is 0. The van der Waals surface area contributed by atoms with Crippen molar-refractivity contribution in [2.45, 2.75) is 13.3 Å². The Hall–Kier alpha value is 0.0900.